The molecule has 0 N–H and O–H groups in total. The second kappa shape index (κ2) is 28.6. The van der Waals surface area contributed by atoms with Crippen molar-refractivity contribution in [2.45, 2.75) is 0 Å². The minimum Gasteiger partial charge on any atom is -2.00 e. The van der Waals surface area contributed by atoms with E-state index in [1.165, 1.54) is 0 Å². The molecule has 0 bridgehead atoms. The van der Waals surface area contributed by atoms with Crippen LogP contribution in [0.25, 0.3) is 0 Å². The Balaban J connectivity index is 0. The van der Waals surface area contributed by atoms with E-state index in [2.05, 4.69) is 0 Å². The van der Waals surface area contributed by atoms with E-state index in [4.69, 9.17) is 0 Å². The first-order chi connectivity index (χ1) is 0. The van der Waals surface area contributed by atoms with Gasteiger partial charge in [0, 0.05) is 0 Å². The fourth-order valence-electron chi connectivity index (χ4n) is 0. The number of hydrogen-bond acceptors (Lipinski definition) is 0. The van der Waals surface area contributed by atoms with Gasteiger partial charge in [-0.2, -0.15) is 0 Å². The average Bonchev–Trinajstić information content (AvgIpc) is 0. The van der Waals surface area contributed by atoms with Crippen molar-refractivity contribution in [2.24, 2.45) is 0 Å². The van der Waals surface area contributed by atoms with Crippen LogP contribution in [-0.2, 0) is 16.4 Å². The zero-order chi connectivity index (χ0) is 0. The first-order valence-corrected chi connectivity index (χ1v) is 0. The molecule has 0 unspecified atom stereocenters. The maximum absolute atomic E-state index is 0. The molecule has 0 spiro atoms. The molecule has 0 aromatic heterocycles. The van der Waals surface area contributed by atoms with E-state index in [0.717, 1.165) is 0 Å². The maximum Gasteiger partial charge on any atom is 4.00 e. The van der Waals surface area contributed by atoms with Crippen molar-refractivity contribution < 1.29 is 58.2 Å². The van der Waals surface area contributed by atoms with Gasteiger partial charge in [0.25, 0.3) is 0 Å². The summed E-state index contributed by atoms with van der Waals surface area (Å²) in [6, 6.07) is 0. The van der Waals surface area contributed by atoms with E-state index in [-0.39, 0.29) is 58.2 Å². The van der Waals surface area contributed by atoms with Gasteiger partial charge in [-0.3, -0.25) is 0 Å². The van der Waals surface area contributed by atoms with Gasteiger partial charge in [0.15, 0.2) is 0 Å². The summed E-state index contributed by atoms with van der Waals surface area (Å²) < 4.78 is 0. The van der Waals surface area contributed by atoms with Crippen LogP contribution in [0.3, 0.4) is 0 Å². The summed E-state index contributed by atoms with van der Waals surface area (Å²) in [6.07, 6.45) is 0. The third-order valence-electron chi connectivity index (χ3n) is 0. The minimum atomic E-state index is 0. The van der Waals surface area contributed by atoms with E-state index >= 15 is 0 Å². The molecule has 4 heteroatoms. The molecule has 0 aliphatic rings. The van der Waals surface area contributed by atoms with Crippen LogP contribution in [0.5, 0.6) is 0 Å². The largest absolute Gasteiger partial charge is 4.00 e. The van der Waals surface area contributed by atoms with Crippen LogP contribution >= 0.6 is 0 Å². The van der Waals surface area contributed by atoms with Crippen LogP contribution in [0.4, 0.5) is 0 Å². The first-order valence-electron chi connectivity index (χ1n) is 0. The molecule has 0 heterocycles. The van der Waals surface area contributed by atoms with Crippen molar-refractivity contribution in [3.8, 4) is 0 Å². The van der Waals surface area contributed by atoms with Crippen LogP contribution in [0, 0.1) is 41.7 Å². The Bertz CT molecular complexity index is 3.25. The second-order valence-electron chi connectivity index (χ2n) is 0. The molecule has 0 fully saturated rings. The van der Waals surface area contributed by atoms with Gasteiger partial charge in [0.05, 0.1) is 0 Å². The monoisotopic (exact) mass is 188 g/mol. The molecule has 0 atom stereocenters. The third kappa shape index (κ3) is 10.5. The second-order valence-corrected chi connectivity index (χ2v) is 0. The molecule has 0 saturated heterocycles. The maximum atomic E-state index is 0. The fourth-order valence-corrected chi connectivity index (χ4v) is 0. The van der Waals surface area contributed by atoms with Gasteiger partial charge in [-0.1, -0.05) is 0 Å². The van der Waals surface area contributed by atoms with Gasteiger partial charge >= 0.3 is 41.7 Å². The molecule has 24 valence electrons. The van der Waals surface area contributed by atoms with E-state index in [0.29, 0.717) is 0 Å². The average molecular weight is 188 g/mol. The Labute approximate surface area is 57.7 Å². The summed E-state index contributed by atoms with van der Waals surface area (Å²) in [6.45, 7) is 0. The minimum absolute atomic E-state index is 0. The zero-order valence-corrected chi connectivity index (χ0v) is 4.86. The fraction of sp³-hybridized carbons (Fsp3) is 0. The summed E-state index contributed by atoms with van der Waals surface area (Å²) in [4.78, 5) is 0. The van der Waals surface area contributed by atoms with Crippen molar-refractivity contribution in [1.82, 2.24) is 0 Å². The van der Waals surface area contributed by atoms with Crippen molar-refractivity contribution in [1.29, 1.82) is 0 Å². The summed E-state index contributed by atoms with van der Waals surface area (Å²) in [7, 11) is 0. The van der Waals surface area contributed by atoms with Crippen LogP contribution in [0.1, 0.15) is 0 Å². The Kier molecular flexibility index (Phi) is 431. The molecular formula is CeO3-2. The summed E-state index contributed by atoms with van der Waals surface area (Å²) in [5.41, 5.74) is 0. The SMILES string of the molecule is [Ce+4].[O-2].[O-2].[O-2]. The number of rotatable bonds is 0. The van der Waals surface area contributed by atoms with E-state index in [1.807, 2.05) is 0 Å². The first kappa shape index (κ1) is 60.3. The normalized spacial score (nSPS) is 0. The van der Waals surface area contributed by atoms with Crippen molar-refractivity contribution in [2.75, 3.05) is 0 Å². The van der Waals surface area contributed by atoms with Crippen molar-refractivity contribution in [3.63, 3.8) is 0 Å². The van der Waals surface area contributed by atoms with Gasteiger partial charge in [0.1, 0.15) is 0 Å². The molecule has 3 nitrogen and oxygen atoms in total. The molecule has 0 rings (SSSR count). The molecule has 0 aliphatic heterocycles. The topological polar surface area (TPSA) is 85.5 Å². The van der Waals surface area contributed by atoms with Crippen LogP contribution in [0.2, 0.25) is 0 Å². The van der Waals surface area contributed by atoms with Crippen LogP contribution in [-0.4, -0.2) is 0 Å². The Morgan fingerprint density at radius 3 is 0.500 bits per heavy atom. The van der Waals surface area contributed by atoms with Gasteiger partial charge in [0.2, 0.25) is 0 Å². The molecule has 0 aliphatic carbocycles. The predicted octanol–water partition coefficient (Wildman–Crippen LogP) is -0.356. The third-order valence-corrected chi connectivity index (χ3v) is 0. The van der Waals surface area contributed by atoms with Gasteiger partial charge < -0.3 is 16.4 Å². The summed E-state index contributed by atoms with van der Waals surface area (Å²) in [5.74, 6) is 0. The Morgan fingerprint density at radius 1 is 0.500 bits per heavy atom. The van der Waals surface area contributed by atoms with E-state index in [1.54, 1.807) is 0 Å². The summed E-state index contributed by atoms with van der Waals surface area (Å²) >= 11 is 0. The number of hydrogen-bond donors (Lipinski definition) is 0. The van der Waals surface area contributed by atoms with Crippen molar-refractivity contribution in [3.05, 3.63) is 0 Å². The molecule has 0 saturated carbocycles. The van der Waals surface area contributed by atoms with E-state index < -0.39 is 0 Å². The molecule has 0 aromatic rings. The van der Waals surface area contributed by atoms with Crippen LogP contribution in [0.15, 0.2) is 0 Å². The Hall–Kier alpha value is 1.26. The smallest absolute Gasteiger partial charge is 2.00 e. The molecular weight excluding hydrogens is 188 g/mol. The predicted molar refractivity (Wildman–Crippen MR) is 2.06 cm³/mol. The van der Waals surface area contributed by atoms with Crippen LogP contribution < -0.4 is 0 Å². The van der Waals surface area contributed by atoms with Gasteiger partial charge in [-0.25, -0.2) is 0 Å². The molecule has 0 aromatic carbocycles. The molecule has 0 radical (unpaired) electrons. The van der Waals surface area contributed by atoms with Crippen molar-refractivity contribution >= 4 is 0 Å². The Morgan fingerprint density at radius 2 is 0.500 bits per heavy atom. The standard InChI is InChI=1S/Ce.3O/q+4;3*-2. The summed E-state index contributed by atoms with van der Waals surface area (Å²) in [5, 5.41) is 0. The van der Waals surface area contributed by atoms with E-state index in [9.17, 15) is 0 Å². The quantitative estimate of drug-likeness (QED) is 0.497. The van der Waals surface area contributed by atoms with Gasteiger partial charge in [-0.15, -0.1) is 0 Å². The van der Waals surface area contributed by atoms with Gasteiger partial charge in [-0.05, 0) is 0 Å². The zero-order valence-electron chi connectivity index (χ0n) is 1.72. The molecule has 4 heavy (non-hydrogen) atoms. The molecule has 0 amide bonds.